The highest BCUT2D eigenvalue weighted by Crippen LogP contribution is 2.51. The van der Waals surface area contributed by atoms with Crippen molar-refractivity contribution in [2.24, 2.45) is 11.8 Å². The van der Waals surface area contributed by atoms with E-state index in [1.165, 1.54) is 5.56 Å². The summed E-state index contributed by atoms with van der Waals surface area (Å²) in [6.07, 6.45) is 2.51. The van der Waals surface area contributed by atoms with Crippen LogP contribution >= 0.6 is 0 Å². The molecule has 1 N–H and O–H groups in total. The first kappa shape index (κ1) is 15.2. The number of aromatic nitrogens is 1. The average Bonchev–Trinajstić information content (AvgIpc) is 3.45. The lowest BCUT2D eigenvalue weighted by atomic mass is 9.98. The van der Waals surface area contributed by atoms with Crippen molar-refractivity contribution in [2.45, 2.75) is 31.6 Å². The summed E-state index contributed by atoms with van der Waals surface area (Å²) in [4.78, 5) is 16.3. The van der Waals surface area contributed by atoms with Crippen LogP contribution in [0.3, 0.4) is 0 Å². The fourth-order valence-corrected chi connectivity index (χ4v) is 3.18. The molecule has 124 valence electrons. The highest BCUT2D eigenvalue weighted by Gasteiger charge is 2.61. The van der Waals surface area contributed by atoms with Gasteiger partial charge in [-0.15, -0.1) is 0 Å². The van der Waals surface area contributed by atoms with Crippen molar-refractivity contribution in [3.05, 3.63) is 48.2 Å². The molecule has 1 aromatic heterocycles. The molecule has 3 atom stereocenters. The molecular weight excluding hydrogens is 310 g/mol. The third kappa shape index (κ3) is 2.79. The Kier molecular flexibility index (Phi) is 3.41. The van der Waals surface area contributed by atoms with Crippen molar-refractivity contribution in [2.75, 3.05) is 5.32 Å². The van der Waals surface area contributed by atoms with Crippen molar-refractivity contribution >= 4 is 11.6 Å². The van der Waals surface area contributed by atoms with Gasteiger partial charge in [-0.05, 0) is 48.1 Å². The summed E-state index contributed by atoms with van der Waals surface area (Å²) >= 11 is 0. The highest BCUT2D eigenvalue weighted by atomic mass is 19.3. The van der Waals surface area contributed by atoms with Crippen molar-refractivity contribution in [1.29, 1.82) is 0 Å². The number of benzene rings is 1. The van der Waals surface area contributed by atoms with E-state index >= 15 is 0 Å². The van der Waals surface area contributed by atoms with Gasteiger partial charge in [0, 0.05) is 23.9 Å². The summed E-state index contributed by atoms with van der Waals surface area (Å²) in [5.41, 5.74) is 3.54. The number of alkyl halides is 2. The van der Waals surface area contributed by atoms with E-state index in [4.69, 9.17) is 0 Å². The van der Waals surface area contributed by atoms with E-state index in [-0.39, 0.29) is 6.42 Å². The third-order valence-corrected chi connectivity index (χ3v) is 4.91. The van der Waals surface area contributed by atoms with Crippen LogP contribution in [0, 0.1) is 11.8 Å². The van der Waals surface area contributed by atoms with Crippen LogP contribution in [0.5, 0.6) is 0 Å². The van der Waals surface area contributed by atoms with Crippen LogP contribution in [0.4, 0.5) is 14.5 Å². The van der Waals surface area contributed by atoms with Crippen LogP contribution in [0.1, 0.15) is 31.2 Å². The minimum Gasteiger partial charge on any atom is -0.326 e. The van der Waals surface area contributed by atoms with E-state index in [2.05, 4.69) is 17.2 Å². The SMILES string of the molecule is C[C@@H]1C[C@@H]1c1ccc(NC(=O)[C@H]2CC2(F)F)cc1-c1ccccn1. The van der Waals surface area contributed by atoms with Gasteiger partial charge in [0.2, 0.25) is 5.91 Å². The maximum atomic E-state index is 13.0. The summed E-state index contributed by atoms with van der Waals surface area (Å²) < 4.78 is 26.1. The smallest absolute Gasteiger partial charge is 0.260 e. The number of hydrogen-bond acceptors (Lipinski definition) is 2. The predicted molar refractivity (Wildman–Crippen MR) is 87.9 cm³/mol. The molecule has 2 aliphatic rings. The van der Waals surface area contributed by atoms with Gasteiger partial charge in [-0.3, -0.25) is 9.78 Å². The van der Waals surface area contributed by atoms with Crippen LogP contribution in [-0.2, 0) is 4.79 Å². The van der Waals surface area contributed by atoms with Crippen LogP contribution < -0.4 is 5.32 Å². The summed E-state index contributed by atoms with van der Waals surface area (Å²) in [6, 6.07) is 11.3. The minimum absolute atomic E-state index is 0.358. The maximum Gasteiger partial charge on any atom is 0.260 e. The second-order valence-corrected chi connectivity index (χ2v) is 6.84. The lowest BCUT2D eigenvalue weighted by Crippen LogP contribution is -2.17. The summed E-state index contributed by atoms with van der Waals surface area (Å²) in [5.74, 6) is -3.52. The van der Waals surface area contributed by atoms with Crippen molar-refractivity contribution in [1.82, 2.24) is 4.98 Å². The molecule has 0 spiro atoms. The number of pyridine rings is 1. The number of halogens is 2. The fourth-order valence-electron chi connectivity index (χ4n) is 3.18. The second kappa shape index (κ2) is 5.36. The van der Waals surface area contributed by atoms with Gasteiger partial charge >= 0.3 is 0 Å². The molecule has 2 aliphatic carbocycles. The first-order chi connectivity index (χ1) is 11.5. The predicted octanol–water partition coefficient (Wildman–Crippen LogP) is 4.47. The molecule has 24 heavy (non-hydrogen) atoms. The fraction of sp³-hybridized carbons (Fsp3) is 0.368. The molecule has 1 aromatic carbocycles. The second-order valence-electron chi connectivity index (χ2n) is 6.84. The number of rotatable bonds is 4. The molecule has 3 nitrogen and oxygen atoms in total. The first-order valence-corrected chi connectivity index (χ1v) is 8.20. The highest BCUT2D eigenvalue weighted by molar-refractivity contribution is 5.96. The van der Waals surface area contributed by atoms with E-state index in [9.17, 15) is 13.6 Å². The molecule has 0 saturated heterocycles. The lowest BCUT2D eigenvalue weighted by molar-refractivity contribution is -0.119. The number of nitrogens with one attached hydrogen (secondary N) is 1. The van der Waals surface area contributed by atoms with Gasteiger partial charge in [-0.1, -0.05) is 19.1 Å². The van der Waals surface area contributed by atoms with E-state index < -0.39 is 17.7 Å². The molecule has 2 fully saturated rings. The van der Waals surface area contributed by atoms with Crippen LogP contribution in [0.2, 0.25) is 0 Å². The third-order valence-electron chi connectivity index (χ3n) is 4.91. The Morgan fingerprint density at radius 3 is 2.62 bits per heavy atom. The summed E-state index contributed by atoms with van der Waals surface area (Å²) in [5, 5.41) is 2.62. The number of nitrogens with zero attached hydrogens (tertiary/aromatic N) is 1. The van der Waals surface area contributed by atoms with Gasteiger partial charge in [-0.25, -0.2) is 8.78 Å². The number of anilines is 1. The van der Waals surface area contributed by atoms with Gasteiger partial charge < -0.3 is 5.32 Å². The van der Waals surface area contributed by atoms with E-state index in [1.54, 1.807) is 12.3 Å². The van der Waals surface area contributed by atoms with Crippen molar-refractivity contribution in [3.8, 4) is 11.3 Å². The Bertz CT molecular complexity index is 791. The Morgan fingerprint density at radius 2 is 2.04 bits per heavy atom. The molecule has 0 bridgehead atoms. The largest absolute Gasteiger partial charge is 0.326 e. The average molecular weight is 328 g/mol. The summed E-state index contributed by atoms with van der Waals surface area (Å²) in [7, 11) is 0. The zero-order valence-electron chi connectivity index (χ0n) is 13.3. The molecular formula is C19H18F2N2O. The molecule has 0 radical (unpaired) electrons. The Morgan fingerprint density at radius 1 is 1.29 bits per heavy atom. The Hall–Kier alpha value is -2.30. The van der Waals surface area contributed by atoms with Crippen molar-refractivity contribution in [3.63, 3.8) is 0 Å². The molecule has 5 heteroatoms. The Balaban J connectivity index is 1.64. The van der Waals surface area contributed by atoms with Gasteiger partial charge in [-0.2, -0.15) is 0 Å². The minimum atomic E-state index is -2.85. The first-order valence-electron chi connectivity index (χ1n) is 8.20. The van der Waals surface area contributed by atoms with Crippen LogP contribution in [0.25, 0.3) is 11.3 Å². The molecule has 1 heterocycles. The topological polar surface area (TPSA) is 42.0 Å². The quantitative estimate of drug-likeness (QED) is 0.900. The molecule has 2 saturated carbocycles. The monoisotopic (exact) mass is 328 g/mol. The van der Waals surface area contributed by atoms with Gasteiger partial charge in [0.05, 0.1) is 5.69 Å². The maximum absolute atomic E-state index is 13.0. The van der Waals surface area contributed by atoms with Crippen LogP contribution in [0.15, 0.2) is 42.6 Å². The Labute approximate surface area is 139 Å². The molecule has 4 rings (SSSR count). The standard InChI is InChI=1S/C19H18F2N2O/c1-11-8-14(11)13-6-5-12(23-18(24)16-10-19(16,20)21)9-15(13)17-4-2-3-7-22-17/h2-7,9,11,14,16H,8,10H2,1H3,(H,23,24)/t11-,14+,16-/m1/s1. The number of carbonyl (C=O) groups excluding carboxylic acids is 1. The number of amides is 1. The lowest BCUT2D eigenvalue weighted by Gasteiger charge is -2.12. The van der Waals surface area contributed by atoms with E-state index in [1.807, 2.05) is 30.3 Å². The van der Waals surface area contributed by atoms with Crippen LogP contribution in [-0.4, -0.2) is 16.8 Å². The number of hydrogen-bond donors (Lipinski definition) is 1. The zero-order valence-corrected chi connectivity index (χ0v) is 13.3. The molecule has 1 amide bonds. The number of carbonyl (C=O) groups is 1. The van der Waals surface area contributed by atoms with Gasteiger partial charge in [0.1, 0.15) is 5.92 Å². The van der Waals surface area contributed by atoms with E-state index in [0.717, 1.165) is 17.7 Å². The molecule has 2 aromatic rings. The normalized spacial score (nSPS) is 26.7. The van der Waals surface area contributed by atoms with E-state index in [0.29, 0.717) is 17.5 Å². The molecule has 0 unspecified atom stereocenters. The summed E-state index contributed by atoms with van der Waals surface area (Å²) in [6.45, 7) is 2.21. The van der Waals surface area contributed by atoms with Gasteiger partial charge in [0.15, 0.2) is 0 Å². The molecule has 0 aliphatic heterocycles. The van der Waals surface area contributed by atoms with Crippen molar-refractivity contribution < 1.29 is 13.6 Å². The van der Waals surface area contributed by atoms with Gasteiger partial charge in [0.25, 0.3) is 5.92 Å². The zero-order chi connectivity index (χ0) is 16.9.